The number of hydrogen-bond donors (Lipinski definition) is 3. The van der Waals surface area contributed by atoms with Gasteiger partial charge in [-0.3, -0.25) is 0 Å². The van der Waals surface area contributed by atoms with Gasteiger partial charge in [0.15, 0.2) is 5.96 Å². The van der Waals surface area contributed by atoms with Gasteiger partial charge in [0.05, 0.1) is 26.9 Å². The van der Waals surface area contributed by atoms with Crippen molar-refractivity contribution in [2.75, 3.05) is 27.3 Å². The maximum absolute atomic E-state index is 10.5. The Morgan fingerprint density at radius 3 is 2.21 bits per heavy atom. The van der Waals surface area contributed by atoms with Crippen molar-refractivity contribution in [3.8, 4) is 11.5 Å². The highest BCUT2D eigenvalue weighted by Crippen LogP contribution is 2.26. The van der Waals surface area contributed by atoms with Gasteiger partial charge in [-0.05, 0) is 42.3 Å². The molecule has 2 rings (SSSR count). The van der Waals surface area contributed by atoms with Crippen LogP contribution in [-0.2, 0) is 6.54 Å². The third-order valence-electron chi connectivity index (χ3n) is 3.90. The first-order chi connectivity index (χ1) is 13.0. The van der Waals surface area contributed by atoms with Crippen molar-refractivity contribution >= 4 is 41.5 Å². The standard InChI is InChI=1S/C20H26ClN3O3.HI/c1-4-22-20(23-12-14-5-7-16(21)8-6-14)24-13-19(25)15-9-17(26-2)11-18(10-15)27-3;/h5-11,19,25H,4,12-13H2,1-3H3,(H2,22,23,24);1H. The number of methoxy groups -OCH3 is 2. The van der Waals surface area contributed by atoms with E-state index in [0.717, 1.165) is 12.1 Å². The molecule has 0 bridgehead atoms. The number of benzene rings is 2. The minimum absolute atomic E-state index is 0. The zero-order valence-electron chi connectivity index (χ0n) is 16.2. The maximum atomic E-state index is 10.5. The van der Waals surface area contributed by atoms with Gasteiger partial charge in [0.2, 0.25) is 0 Å². The van der Waals surface area contributed by atoms with E-state index in [2.05, 4.69) is 15.6 Å². The molecule has 0 aliphatic carbocycles. The van der Waals surface area contributed by atoms with Crippen LogP contribution in [0.25, 0.3) is 0 Å². The summed E-state index contributed by atoms with van der Waals surface area (Å²) in [5.74, 6) is 1.89. The fourth-order valence-corrected chi connectivity index (χ4v) is 2.56. The number of aliphatic hydroxyl groups excluding tert-OH is 1. The van der Waals surface area contributed by atoms with E-state index in [9.17, 15) is 5.11 Å². The van der Waals surface area contributed by atoms with Gasteiger partial charge in [-0.15, -0.1) is 24.0 Å². The van der Waals surface area contributed by atoms with E-state index in [-0.39, 0.29) is 24.0 Å². The number of guanidine groups is 1. The number of ether oxygens (including phenoxy) is 2. The van der Waals surface area contributed by atoms with E-state index >= 15 is 0 Å². The van der Waals surface area contributed by atoms with Gasteiger partial charge >= 0.3 is 0 Å². The highest BCUT2D eigenvalue weighted by molar-refractivity contribution is 14.0. The Morgan fingerprint density at radius 2 is 1.68 bits per heavy atom. The van der Waals surface area contributed by atoms with Crippen LogP contribution in [-0.4, -0.2) is 38.4 Å². The van der Waals surface area contributed by atoms with Crippen LogP contribution in [0.3, 0.4) is 0 Å². The van der Waals surface area contributed by atoms with Gasteiger partial charge in [-0.2, -0.15) is 0 Å². The number of hydrogen-bond acceptors (Lipinski definition) is 4. The van der Waals surface area contributed by atoms with Crippen LogP contribution < -0.4 is 20.1 Å². The summed E-state index contributed by atoms with van der Waals surface area (Å²) in [7, 11) is 3.16. The average Bonchev–Trinajstić information content (AvgIpc) is 2.70. The third-order valence-corrected chi connectivity index (χ3v) is 4.15. The molecule has 1 atom stereocenters. The van der Waals surface area contributed by atoms with Gasteiger partial charge < -0.3 is 25.2 Å². The maximum Gasteiger partial charge on any atom is 0.191 e. The summed E-state index contributed by atoms with van der Waals surface area (Å²) in [6, 6.07) is 12.9. The zero-order chi connectivity index (χ0) is 19.6. The number of rotatable bonds is 8. The molecule has 0 spiro atoms. The average molecular weight is 520 g/mol. The van der Waals surface area contributed by atoms with Gasteiger partial charge in [0.1, 0.15) is 11.5 Å². The second kappa shape index (κ2) is 12.7. The summed E-state index contributed by atoms with van der Waals surface area (Å²) in [5, 5.41) is 17.5. The Hall–Kier alpha value is -1.71. The van der Waals surface area contributed by atoms with Crippen LogP contribution in [0, 0.1) is 0 Å². The first-order valence-electron chi connectivity index (χ1n) is 8.73. The lowest BCUT2D eigenvalue weighted by molar-refractivity contribution is 0.180. The molecule has 0 saturated heterocycles. The van der Waals surface area contributed by atoms with Crippen molar-refractivity contribution in [3.05, 3.63) is 58.6 Å². The van der Waals surface area contributed by atoms with E-state index in [1.54, 1.807) is 32.4 Å². The SMILES string of the molecule is CCNC(=NCc1ccc(Cl)cc1)NCC(O)c1cc(OC)cc(OC)c1.I. The smallest absolute Gasteiger partial charge is 0.191 e. The predicted octanol–water partition coefficient (Wildman–Crippen LogP) is 3.76. The lowest BCUT2D eigenvalue weighted by atomic mass is 10.1. The summed E-state index contributed by atoms with van der Waals surface area (Å²) >= 11 is 5.90. The van der Waals surface area contributed by atoms with Crippen molar-refractivity contribution < 1.29 is 14.6 Å². The Labute approximate surface area is 188 Å². The Balaban J connectivity index is 0.00000392. The molecular weight excluding hydrogens is 493 g/mol. The van der Waals surface area contributed by atoms with Gasteiger partial charge in [-0.1, -0.05) is 23.7 Å². The highest BCUT2D eigenvalue weighted by Gasteiger charge is 2.12. The van der Waals surface area contributed by atoms with E-state index in [4.69, 9.17) is 21.1 Å². The van der Waals surface area contributed by atoms with Crippen molar-refractivity contribution in [1.82, 2.24) is 10.6 Å². The predicted molar refractivity (Wildman–Crippen MR) is 124 cm³/mol. The molecule has 3 N–H and O–H groups in total. The first kappa shape index (κ1) is 24.3. The molecule has 0 radical (unpaired) electrons. The Bertz CT molecular complexity index is 735. The summed E-state index contributed by atoms with van der Waals surface area (Å²) < 4.78 is 10.5. The first-order valence-corrected chi connectivity index (χ1v) is 9.11. The molecule has 6 nitrogen and oxygen atoms in total. The van der Waals surface area contributed by atoms with Crippen LogP contribution in [0.5, 0.6) is 11.5 Å². The number of aliphatic imine (C=N–C) groups is 1. The molecule has 0 fully saturated rings. The van der Waals surface area contributed by atoms with Gasteiger partial charge in [0.25, 0.3) is 0 Å². The lowest BCUT2D eigenvalue weighted by Crippen LogP contribution is -2.39. The molecule has 1 unspecified atom stereocenters. The zero-order valence-corrected chi connectivity index (χ0v) is 19.3. The van der Waals surface area contributed by atoms with E-state index < -0.39 is 6.10 Å². The van der Waals surface area contributed by atoms with Crippen LogP contribution >= 0.6 is 35.6 Å². The summed E-state index contributed by atoms with van der Waals surface area (Å²) in [4.78, 5) is 4.54. The summed E-state index contributed by atoms with van der Waals surface area (Å²) in [5.41, 5.74) is 1.75. The number of nitrogens with one attached hydrogen (secondary N) is 2. The monoisotopic (exact) mass is 519 g/mol. The summed E-state index contributed by atoms with van der Waals surface area (Å²) in [6.07, 6.45) is -0.742. The van der Waals surface area contributed by atoms with Crippen molar-refractivity contribution in [2.45, 2.75) is 19.6 Å². The van der Waals surface area contributed by atoms with Crippen LogP contribution in [0.2, 0.25) is 5.02 Å². The second-order valence-electron chi connectivity index (χ2n) is 5.86. The van der Waals surface area contributed by atoms with Crippen LogP contribution in [0.4, 0.5) is 0 Å². The quantitative estimate of drug-likeness (QED) is 0.281. The largest absolute Gasteiger partial charge is 0.497 e. The number of nitrogens with zero attached hydrogens (tertiary/aromatic N) is 1. The molecule has 0 amide bonds. The van der Waals surface area contributed by atoms with E-state index in [1.807, 2.05) is 31.2 Å². The molecule has 0 aliphatic heterocycles. The van der Waals surface area contributed by atoms with Crippen molar-refractivity contribution in [1.29, 1.82) is 0 Å². The molecule has 0 heterocycles. The molecule has 0 aromatic heterocycles. The van der Waals surface area contributed by atoms with E-state index in [1.165, 1.54) is 0 Å². The Morgan fingerprint density at radius 1 is 1.07 bits per heavy atom. The fourth-order valence-electron chi connectivity index (χ4n) is 2.43. The van der Waals surface area contributed by atoms with Crippen LogP contribution in [0.15, 0.2) is 47.5 Å². The number of halogens is 2. The molecule has 2 aromatic rings. The molecule has 154 valence electrons. The number of aliphatic hydroxyl groups is 1. The molecular formula is C20H27ClIN3O3. The molecule has 0 aliphatic rings. The van der Waals surface area contributed by atoms with Crippen molar-refractivity contribution in [3.63, 3.8) is 0 Å². The van der Waals surface area contributed by atoms with Crippen molar-refractivity contribution in [2.24, 2.45) is 4.99 Å². The van der Waals surface area contributed by atoms with Gasteiger partial charge in [0, 0.05) is 24.2 Å². The van der Waals surface area contributed by atoms with Crippen LogP contribution in [0.1, 0.15) is 24.2 Å². The fraction of sp³-hybridized carbons (Fsp3) is 0.350. The molecule has 8 heteroatoms. The van der Waals surface area contributed by atoms with E-state index in [0.29, 0.717) is 41.1 Å². The normalized spacial score (nSPS) is 12.0. The molecule has 28 heavy (non-hydrogen) atoms. The minimum Gasteiger partial charge on any atom is -0.497 e. The Kier molecular flexibility index (Phi) is 11.0. The van der Waals surface area contributed by atoms with Gasteiger partial charge in [-0.25, -0.2) is 4.99 Å². The lowest BCUT2D eigenvalue weighted by Gasteiger charge is -2.17. The molecule has 2 aromatic carbocycles. The third kappa shape index (κ3) is 7.73. The highest BCUT2D eigenvalue weighted by atomic mass is 127. The minimum atomic E-state index is -0.742. The molecule has 0 saturated carbocycles. The second-order valence-corrected chi connectivity index (χ2v) is 6.30. The summed E-state index contributed by atoms with van der Waals surface area (Å²) in [6.45, 7) is 3.51. The topological polar surface area (TPSA) is 75.1 Å².